The van der Waals surface area contributed by atoms with E-state index in [9.17, 15) is 14.4 Å². The molecule has 146 valence electrons. The molecule has 0 unspecified atom stereocenters. The average Bonchev–Trinajstić information content (AvgIpc) is 3.30. The Bertz CT molecular complexity index is 923. The van der Waals surface area contributed by atoms with Gasteiger partial charge >= 0.3 is 0 Å². The van der Waals surface area contributed by atoms with E-state index in [4.69, 9.17) is 4.42 Å². The zero-order valence-corrected chi connectivity index (χ0v) is 16.1. The number of benzene rings is 1. The fourth-order valence-corrected chi connectivity index (χ4v) is 4.30. The Hall–Kier alpha value is -3.09. The fraction of sp³-hybridized carbons (Fsp3) is 0.381. The van der Waals surface area contributed by atoms with Crippen LogP contribution in [0.25, 0.3) is 0 Å². The van der Waals surface area contributed by atoms with Crippen LogP contribution in [-0.4, -0.2) is 59.2 Å². The number of aryl methyl sites for hydroxylation is 1. The summed E-state index contributed by atoms with van der Waals surface area (Å²) in [5, 5.41) is 0. The van der Waals surface area contributed by atoms with E-state index in [1.54, 1.807) is 27.7 Å². The van der Waals surface area contributed by atoms with Crippen molar-refractivity contribution >= 4 is 23.4 Å². The number of rotatable bonds is 2. The first kappa shape index (κ1) is 18.3. The summed E-state index contributed by atoms with van der Waals surface area (Å²) in [7, 11) is 0. The lowest BCUT2D eigenvalue weighted by Crippen LogP contribution is -2.67. The molecule has 2 saturated heterocycles. The van der Waals surface area contributed by atoms with Gasteiger partial charge in [-0.3, -0.25) is 14.4 Å². The van der Waals surface area contributed by atoms with E-state index in [1.165, 1.54) is 13.2 Å². The lowest BCUT2D eigenvalue weighted by molar-refractivity contribution is -0.142. The third-order valence-corrected chi connectivity index (χ3v) is 5.78. The van der Waals surface area contributed by atoms with E-state index in [-0.39, 0.29) is 24.3 Å². The number of amides is 3. The molecule has 2 aliphatic rings. The first-order chi connectivity index (χ1) is 13.4. The van der Waals surface area contributed by atoms with E-state index in [2.05, 4.69) is 0 Å². The van der Waals surface area contributed by atoms with E-state index in [0.29, 0.717) is 37.4 Å². The minimum absolute atomic E-state index is 0.0248. The summed E-state index contributed by atoms with van der Waals surface area (Å²) < 4.78 is 5.27. The summed E-state index contributed by atoms with van der Waals surface area (Å²) in [6.07, 6.45) is 2.14. The Balaban J connectivity index is 1.63. The first-order valence-electron chi connectivity index (χ1n) is 9.38. The summed E-state index contributed by atoms with van der Waals surface area (Å²) in [5.41, 5.74) is 0.770. The number of nitrogens with zero attached hydrogens (tertiary/aromatic N) is 3. The van der Waals surface area contributed by atoms with Gasteiger partial charge in [-0.1, -0.05) is 18.2 Å². The number of carbonyl (C=O) groups is 3. The molecule has 0 N–H and O–H groups in total. The van der Waals surface area contributed by atoms with Crippen molar-refractivity contribution in [1.29, 1.82) is 0 Å². The summed E-state index contributed by atoms with van der Waals surface area (Å²) >= 11 is 0. The highest BCUT2D eigenvalue weighted by Crippen LogP contribution is 2.35. The monoisotopic (exact) mass is 381 g/mol. The molecule has 7 heteroatoms. The van der Waals surface area contributed by atoms with Gasteiger partial charge in [-0.25, -0.2) is 0 Å². The zero-order chi connectivity index (χ0) is 19.9. The Morgan fingerprint density at radius 2 is 1.86 bits per heavy atom. The summed E-state index contributed by atoms with van der Waals surface area (Å²) in [5.74, 6) is 0.228. The normalized spacial score (nSPS) is 22.2. The molecule has 1 spiro atoms. The van der Waals surface area contributed by atoms with Gasteiger partial charge in [-0.2, -0.15) is 0 Å². The van der Waals surface area contributed by atoms with Crippen molar-refractivity contribution in [2.75, 3.05) is 31.1 Å². The maximum Gasteiger partial charge on any atom is 0.257 e. The van der Waals surface area contributed by atoms with Crippen LogP contribution >= 0.6 is 0 Å². The number of furan rings is 1. The van der Waals surface area contributed by atoms with E-state index in [1.807, 2.05) is 30.3 Å². The minimum atomic E-state index is -0.580. The van der Waals surface area contributed by atoms with Crippen molar-refractivity contribution in [2.24, 2.45) is 0 Å². The van der Waals surface area contributed by atoms with Crippen LogP contribution in [0.1, 0.15) is 29.5 Å². The molecule has 1 aromatic carbocycles. The smallest absolute Gasteiger partial charge is 0.257 e. The van der Waals surface area contributed by atoms with Crippen LogP contribution in [0.4, 0.5) is 5.69 Å². The third-order valence-electron chi connectivity index (χ3n) is 5.78. The molecule has 1 aromatic heterocycles. The van der Waals surface area contributed by atoms with Crippen molar-refractivity contribution < 1.29 is 18.8 Å². The van der Waals surface area contributed by atoms with Gasteiger partial charge in [0.25, 0.3) is 5.91 Å². The Morgan fingerprint density at radius 3 is 2.50 bits per heavy atom. The maximum atomic E-state index is 12.9. The highest BCUT2D eigenvalue weighted by atomic mass is 16.3. The maximum absolute atomic E-state index is 12.9. The number of hydrogen-bond donors (Lipinski definition) is 0. The molecule has 0 radical (unpaired) electrons. The number of likely N-dealkylation sites (tertiary alicyclic amines) is 1. The average molecular weight is 381 g/mol. The highest BCUT2D eigenvalue weighted by molar-refractivity contribution is 5.99. The number of anilines is 1. The number of carbonyl (C=O) groups excluding carboxylic acids is 3. The minimum Gasteiger partial charge on any atom is -0.469 e. The summed E-state index contributed by atoms with van der Waals surface area (Å²) in [6, 6.07) is 11.1. The van der Waals surface area contributed by atoms with E-state index in [0.717, 1.165) is 5.69 Å². The van der Waals surface area contributed by atoms with E-state index >= 15 is 0 Å². The van der Waals surface area contributed by atoms with Crippen LogP contribution in [0.3, 0.4) is 0 Å². The van der Waals surface area contributed by atoms with Gasteiger partial charge in [0.2, 0.25) is 11.8 Å². The molecule has 2 aliphatic heterocycles. The molecule has 2 aromatic rings. The molecule has 3 heterocycles. The number of para-hydroxylation sites is 1. The van der Waals surface area contributed by atoms with Crippen molar-refractivity contribution in [3.63, 3.8) is 0 Å². The van der Waals surface area contributed by atoms with Gasteiger partial charge in [-0.15, -0.1) is 0 Å². The molecular weight excluding hydrogens is 358 g/mol. The second kappa shape index (κ2) is 6.82. The SMILES string of the molecule is CC(=O)N1CC(=O)N(c2ccccc2)C[C@@]12CCN(C(=O)c1ccoc1C)C2. The Kier molecular flexibility index (Phi) is 4.45. The largest absolute Gasteiger partial charge is 0.469 e. The topological polar surface area (TPSA) is 74.1 Å². The van der Waals surface area contributed by atoms with Crippen LogP contribution in [0, 0.1) is 6.92 Å². The second-order valence-electron chi connectivity index (χ2n) is 7.51. The Labute approximate surface area is 163 Å². The highest BCUT2D eigenvalue weighted by Gasteiger charge is 2.51. The molecule has 28 heavy (non-hydrogen) atoms. The van der Waals surface area contributed by atoms with Gasteiger partial charge in [0.05, 0.1) is 23.9 Å². The predicted octanol–water partition coefficient (Wildman–Crippen LogP) is 2.07. The van der Waals surface area contributed by atoms with Gasteiger partial charge < -0.3 is 19.1 Å². The van der Waals surface area contributed by atoms with Gasteiger partial charge in [-0.05, 0) is 31.5 Å². The van der Waals surface area contributed by atoms with Crippen LogP contribution in [0.5, 0.6) is 0 Å². The summed E-state index contributed by atoms with van der Waals surface area (Å²) in [6.45, 7) is 4.58. The molecule has 0 aliphatic carbocycles. The lowest BCUT2D eigenvalue weighted by atomic mass is 9.91. The molecule has 7 nitrogen and oxygen atoms in total. The molecule has 4 rings (SSSR count). The Morgan fingerprint density at radius 1 is 1.11 bits per heavy atom. The molecule has 0 bridgehead atoms. The standard InChI is InChI=1S/C21H23N3O4/c1-15-18(8-11-28-15)20(27)22-10-9-21(13-22)14-23(17-6-4-3-5-7-17)19(26)12-24(21)16(2)25/h3-8,11H,9-10,12-14H2,1-2H3/t21-/m0/s1. The molecule has 0 saturated carbocycles. The first-order valence-corrected chi connectivity index (χ1v) is 9.38. The molecule has 1 atom stereocenters. The number of hydrogen-bond acceptors (Lipinski definition) is 4. The van der Waals surface area contributed by atoms with Gasteiger partial charge in [0.1, 0.15) is 12.3 Å². The predicted molar refractivity (Wildman–Crippen MR) is 103 cm³/mol. The molecule has 2 fully saturated rings. The van der Waals surface area contributed by atoms with Gasteiger partial charge in [0.15, 0.2) is 0 Å². The molecular formula is C21H23N3O4. The van der Waals surface area contributed by atoms with Crippen LogP contribution in [0.2, 0.25) is 0 Å². The molecule has 3 amide bonds. The second-order valence-corrected chi connectivity index (χ2v) is 7.51. The van der Waals surface area contributed by atoms with E-state index < -0.39 is 5.54 Å². The quantitative estimate of drug-likeness (QED) is 0.798. The number of piperazine rings is 1. The van der Waals surface area contributed by atoms with Crippen LogP contribution < -0.4 is 4.90 Å². The van der Waals surface area contributed by atoms with Crippen molar-refractivity contribution in [2.45, 2.75) is 25.8 Å². The fourth-order valence-electron chi connectivity index (χ4n) is 4.30. The van der Waals surface area contributed by atoms with Gasteiger partial charge in [0, 0.05) is 25.7 Å². The van der Waals surface area contributed by atoms with Crippen molar-refractivity contribution in [1.82, 2.24) is 9.80 Å². The zero-order valence-electron chi connectivity index (χ0n) is 16.1. The lowest BCUT2D eigenvalue weighted by Gasteiger charge is -2.48. The van der Waals surface area contributed by atoms with Crippen molar-refractivity contribution in [3.8, 4) is 0 Å². The summed E-state index contributed by atoms with van der Waals surface area (Å²) in [4.78, 5) is 43.1. The van der Waals surface area contributed by atoms with Crippen LogP contribution in [0.15, 0.2) is 47.1 Å². The third kappa shape index (κ3) is 2.96. The van der Waals surface area contributed by atoms with Crippen molar-refractivity contribution in [3.05, 3.63) is 54.0 Å². The van der Waals surface area contributed by atoms with Crippen LogP contribution in [-0.2, 0) is 9.59 Å².